The van der Waals surface area contributed by atoms with Crippen molar-refractivity contribution in [3.05, 3.63) is 11.1 Å². The van der Waals surface area contributed by atoms with E-state index in [1.54, 1.807) is 0 Å². The number of allylic oxidation sites excluding steroid dienone is 2. The maximum absolute atomic E-state index is 10.8. The van der Waals surface area contributed by atoms with Crippen molar-refractivity contribution >= 4 is 0 Å². The van der Waals surface area contributed by atoms with Gasteiger partial charge in [-0.1, -0.05) is 85.8 Å². The van der Waals surface area contributed by atoms with Crippen molar-refractivity contribution in [2.75, 3.05) is 0 Å². The first-order valence-electron chi connectivity index (χ1n) is 13.8. The van der Waals surface area contributed by atoms with Crippen molar-refractivity contribution in [3.8, 4) is 0 Å². The molecule has 4 rings (SSSR count). The zero-order chi connectivity index (χ0) is 22.8. The molecule has 0 bridgehead atoms. The Hall–Kier alpha value is -0.300. The van der Waals surface area contributed by atoms with Crippen LogP contribution >= 0.6 is 0 Å². The van der Waals surface area contributed by atoms with Crippen LogP contribution in [0.1, 0.15) is 126 Å². The SMILES string of the molecule is CC(C)CCC[C@H](C)[C@@H]1CC[C@]2(C)C3=C(CC[C@]12C)[C@]1(C)CC[C@@H](O)C(C)(C)[C@H]1CC3. The molecular formula is C30H52O. The molecule has 0 aromatic rings. The molecule has 0 unspecified atom stereocenters. The Labute approximate surface area is 193 Å². The average molecular weight is 429 g/mol. The standard InChI is InChI=1S/C30H52O/c1-20(2)10-9-11-21(3)22-14-18-30(8)24-12-13-25-27(4,5)26(31)16-17-28(25,6)23(24)15-19-29(22,30)7/h20-22,25-26,31H,9-19H2,1-8H3/t21-,22-,25+,26+,28-,29+,30+/m0/s1. The average Bonchev–Trinajstić information content (AvgIpc) is 2.96. The highest BCUT2D eigenvalue weighted by atomic mass is 16.3. The summed E-state index contributed by atoms with van der Waals surface area (Å²) in [5, 5.41) is 10.8. The largest absolute Gasteiger partial charge is 0.393 e. The summed E-state index contributed by atoms with van der Waals surface area (Å²) >= 11 is 0. The normalized spacial score (nSPS) is 45.3. The van der Waals surface area contributed by atoms with Crippen molar-refractivity contribution in [2.24, 2.45) is 45.3 Å². The van der Waals surface area contributed by atoms with E-state index in [-0.39, 0.29) is 11.5 Å². The number of hydrogen-bond donors (Lipinski definition) is 1. The Balaban J connectivity index is 1.63. The summed E-state index contributed by atoms with van der Waals surface area (Å²) in [6, 6.07) is 0. The summed E-state index contributed by atoms with van der Waals surface area (Å²) in [5.41, 5.74) is 5.01. The molecule has 0 radical (unpaired) electrons. The minimum Gasteiger partial charge on any atom is -0.393 e. The van der Waals surface area contributed by atoms with Gasteiger partial charge in [0.05, 0.1) is 6.10 Å². The van der Waals surface area contributed by atoms with Crippen LogP contribution in [0.4, 0.5) is 0 Å². The maximum Gasteiger partial charge on any atom is 0.0594 e. The van der Waals surface area contributed by atoms with Crippen LogP contribution in [0.2, 0.25) is 0 Å². The highest BCUT2D eigenvalue weighted by Crippen LogP contribution is 2.72. The Kier molecular flexibility index (Phi) is 6.07. The first-order chi connectivity index (χ1) is 14.4. The number of aliphatic hydroxyl groups excluding tert-OH is 1. The van der Waals surface area contributed by atoms with Crippen LogP contribution in [-0.4, -0.2) is 11.2 Å². The van der Waals surface area contributed by atoms with Crippen LogP contribution in [0.3, 0.4) is 0 Å². The summed E-state index contributed by atoms with van der Waals surface area (Å²) in [4.78, 5) is 0. The van der Waals surface area contributed by atoms with Crippen molar-refractivity contribution in [1.29, 1.82) is 0 Å². The lowest BCUT2D eigenvalue weighted by Gasteiger charge is -2.62. The van der Waals surface area contributed by atoms with Gasteiger partial charge in [-0.3, -0.25) is 0 Å². The fourth-order valence-electron chi connectivity index (χ4n) is 9.68. The fourth-order valence-corrected chi connectivity index (χ4v) is 9.68. The molecule has 4 aliphatic rings. The van der Waals surface area contributed by atoms with E-state index in [1.807, 2.05) is 11.1 Å². The molecule has 2 saturated carbocycles. The topological polar surface area (TPSA) is 20.2 Å². The van der Waals surface area contributed by atoms with E-state index < -0.39 is 0 Å². The fraction of sp³-hybridized carbons (Fsp3) is 0.933. The van der Waals surface area contributed by atoms with Crippen LogP contribution in [-0.2, 0) is 0 Å². The molecule has 4 aliphatic carbocycles. The molecular weight excluding hydrogens is 376 g/mol. The first-order valence-corrected chi connectivity index (χ1v) is 13.8. The molecule has 7 atom stereocenters. The second kappa shape index (κ2) is 7.89. The summed E-state index contributed by atoms with van der Waals surface area (Å²) in [5.74, 6) is 3.24. The number of hydrogen-bond acceptors (Lipinski definition) is 1. The molecule has 0 spiro atoms. The number of aliphatic hydroxyl groups is 1. The van der Waals surface area contributed by atoms with Crippen molar-refractivity contribution < 1.29 is 5.11 Å². The lowest BCUT2D eigenvalue weighted by molar-refractivity contribution is -0.0962. The predicted molar refractivity (Wildman–Crippen MR) is 133 cm³/mol. The van der Waals surface area contributed by atoms with Crippen LogP contribution in [0.25, 0.3) is 0 Å². The van der Waals surface area contributed by atoms with E-state index in [4.69, 9.17) is 0 Å². The van der Waals surface area contributed by atoms with Crippen molar-refractivity contribution in [3.63, 3.8) is 0 Å². The molecule has 0 amide bonds. The molecule has 0 aromatic heterocycles. The lowest BCUT2D eigenvalue weighted by Crippen LogP contribution is -2.55. The van der Waals surface area contributed by atoms with Crippen LogP contribution in [0.5, 0.6) is 0 Å². The Morgan fingerprint density at radius 1 is 0.839 bits per heavy atom. The Morgan fingerprint density at radius 3 is 2.23 bits per heavy atom. The van der Waals surface area contributed by atoms with Crippen LogP contribution in [0, 0.1) is 45.3 Å². The van der Waals surface area contributed by atoms with Gasteiger partial charge in [0.1, 0.15) is 0 Å². The zero-order valence-corrected chi connectivity index (χ0v) is 22.1. The number of rotatable bonds is 5. The van der Waals surface area contributed by atoms with Gasteiger partial charge in [0.2, 0.25) is 0 Å². The van der Waals surface area contributed by atoms with Crippen LogP contribution in [0.15, 0.2) is 11.1 Å². The molecule has 1 nitrogen and oxygen atoms in total. The molecule has 0 aromatic carbocycles. The van der Waals surface area contributed by atoms with Gasteiger partial charge in [0, 0.05) is 0 Å². The van der Waals surface area contributed by atoms with Gasteiger partial charge in [0.15, 0.2) is 0 Å². The number of fused-ring (bicyclic) bond motifs is 4. The summed E-state index contributed by atoms with van der Waals surface area (Å²) in [6.07, 6.45) is 14.4. The molecule has 0 saturated heterocycles. The highest BCUT2D eigenvalue weighted by Gasteiger charge is 2.63. The third kappa shape index (κ3) is 3.41. The summed E-state index contributed by atoms with van der Waals surface area (Å²) in [7, 11) is 0. The molecule has 2 fully saturated rings. The van der Waals surface area contributed by atoms with E-state index in [0.29, 0.717) is 22.2 Å². The van der Waals surface area contributed by atoms with E-state index in [2.05, 4.69) is 55.4 Å². The Bertz CT molecular complexity index is 716. The minimum atomic E-state index is -0.125. The monoisotopic (exact) mass is 428 g/mol. The van der Waals surface area contributed by atoms with E-state index in [1.165, 1.54) is 64.2 Å². The second-order valence-corrected chi connectivity index (χ2v) is 14.0. The third-order valence-electron chi connectivity index (χ3n) is 11.9. The molecule has 31 heavy (non-hydrogen) atoms. The summed E-state index contributed by atoms with van der Waals surface area (Å²) in [6.45, 7) is 20.0. The van der Waals surface area contributed by atoms with Gasteiger partial charge in [-0.15, -0.1) is 0 Å². The molecule has 0 heterocycles. The molecule has 0 aliphatic heterocycles. The van der Waals surface area contributed by atoms with Gasteiger partial charge >= 0.3 is 0 Å². The van der Waals surface area contributed by atoms with E-state index >= 15 is 0 Å². The lowest BCUT2D eigenvalue weighted by atomic mass is 9.43. The summed E-state index contributed by atoms with van der Waals surface area (Å²) < 4.78 is 0. The van der Waals surface area contributed by atoms with Crippen LogP contribution < -0.4 is 0 Å². The smallest absolute Gasteiger partial charge is 0.0594 e. The predicted octanol–water partition coefficient (Wildman–Crippen LogP) is 8.56. The van der Waals surface area contributed by atoms with Gasteiger partial charge in [-0.2, -0.15) is 0 Å². The van der Waals surface area contributed by atoms with Gasteiger partial charge in [0.25, 0.3) is 0 Å². The highest BCUT2D eigenvalue weighted by molar-refractivity contribution is 5.38. The first kappa shape index (κ1) is 23.8. The van der Waals surface area contributed by atoms with Gasteiger partial charge in [-0.05, 0) is 96.7 Å². The van der Waals surface area contributed by atoms with E-state index in [9.17, 15) is 5.11 Å². The Morgan fingerprint density at radius 2 is 1.55 bits per heavy atom. The molecule has 178 valence electrons. The van der Waals surface area contributed by atoms with Crippen molar-refractivity contribution in [1.82, 2.24) is 0 Å². The third-order valence-corrected chi connectivity index (χ3v) is 11.9. The molecule has 1 heteroatoms. The van der Waals surface area contributed by atoms with E-state index in [0.717, 1.165) is 24.2 Å². The quantitative estimate of drug-likeness (QED) is 0.435. The second-order valence-electron chi connectivity index (χ2n) is 14.0. The maximum atomic E-state index is 10.8. The zero-order valence-electron chi connectivity index (χ0n) is 22.1. The molecule has 1 N–H and O–H groups in total. The van der Waals surface area contributed by atoms with Crippen molar-refractivity contribution in [2.45, 2.75) is 132 Å². The van der Waals surface area contributed by atoms with Gasteiger partial charge < -0.3 is 5.11 Å². The van der Waals surface area contributed by atoms with Gasteiger partial charge in [-0.25, -0.2) is 0 Å². The minimum absolute atomic E-state index is 0.0519.